The molecule has 0 fully saturated rings. The van der Waals surface area contributed by atoms with Gasteiger partial charge >= 0.3 is 5.97 Å². The molecule has 1 aromatic carbocycles. The number of nitrogens with one attached hydrogen (secondary N) is 1. The maximum atomic E-state index is 10.6. The van der Waals surface area contributed by atoms with E-state index >= 15 is 0 Å². The lowest BCUT2D eigenvalue weighted by molar-refractivity contribution is -0.129. The van der Waals surface area contributed by atoms with Gasteiger partial charge in [0.25, 0.3) is 0 Å². The summed E-state index contributed by atoms with van der Waals surface area (Å²) in [5, 5.41) is 10.3. The molecule has 0 spiro atoms. The summed E-state index contributed by atoms with van der Waals surface area (Å²) in [4.78, 5) is 14.4. The van der Waals surface area contributed by atoms with Crippen molar-refractivity contribution < 1.29 is 9.90 Å². The van der Waals surface area contributed by atoms with E-state index in [1.165, 1.54) is 0 Å². The SMILES string of the molecule is O=C(O)C1=NCN(c2ccccc2)N1. The van der Waals surface area contributed by atoms with Gasteiger partial charge in [-0.2, -0.15) is 0 Å². The van der Waals surface area contributed by atoms with E-state index in [2.05, 4.69) is 10.4 Å². The molecule has 1 aliphatic heterocycles. The lowest BCUT2D eigenvalue weighted by Gasteiger charge is -2.16. The molecular weight excluding hydrogens is 182 g/mol. The number of hydrogen-bond donors (Lipinski definition) is 2. The van der Waals surface area contributed by atoms with Crippen LogP contribution in [0.15, 0.2) is 35.3 Å². The van der Waals surface area contributed by atoms with Crippen LogP contribution in [0, 0.1) is 0 Å². The van der Waals surface area contributed by atoms with E-state index in [0.717, 1.165) is 5.69 Å². The van der Waals surface area contributed by atoms with E-state index in [1.54, 1.807) is 5.01 Å². The van der Waals surface area contributed by atoms with Gasteiger partial charge in [0.15, 0.2) is 0 Å². The predicted molar refractivity (Wildman–Crippen MR) is 52.0 cm³/mol. The highest BCUT2D eigenvalue weighted by Gasteiger charge is 2.19. The molecule has 0 bridgehead atoms. The number of nitrogens with zero attached hydrogens (tertiary/aromatic N) is 2. The largest absolute Gasteiger partial charge is 0.475 e. The Balaban J connectivity index is 2.10. The van der Waals surface area contributed by atoms with Gasteiger partial charge in [0.05, 0.1) is 5.69 Å². The Bertz CT molecular complexity index is 375. The summed E-state index contributed by atoms with van der Waals surface area (Å²) in [5.41, 5.74) is 3.59. The molecule has 0 saturated carbocycles. The standard InChI is InChI=1S/C9H9N3O2/c13-9(14)8-10-6-12(11-8)7-4-2-1-3-5-7/h1-5H,6H2,(H,10,11)(H,13,14). The quantitative estimate of drug-likeness (QED) is 0.712. The molecule has 0 radical (unpaired) electrons. The predicted octanol–water partition coefficient (Wildman–Crippen LogP) is 0.452. The minimum Gasteiger partial charge on any atom is -0.475 e. The van der Waals surface area contributed by atoms with Gasteiger partial charge in [0.1, 0.15) is 6.67 Å². The van der Waals surface area contributed by atoms with Gasteiger partial charge in [-0.05, 0) is 12.1 Å². The van der Waals surface area contributed by atoms with E-state index < -0.39 is 5.97 Å². The van der Waals surface area contributed by atoms with E-state index in [-0.39, 0.29) is 5.84 Å². The fourth-order valence-electron chi connectivity index (χ4n) is 1.21. The summed E-state index contributed by atoms with van der Waals surface area (Å²) < 4.78 is 0. The van der Waals surface area contributed by atoms with E-state index in [1.807, 2.05) is 30.3 Å². The molecule has 1 aliphatic rings. The van der Waals surface area contributed by atoms with Crippen LogP contribution in [0.1, 0.15) is 0 Å². The van der Waals surface area contributed by atoms with Crippen molar-refractivity contribution in [3.63, 3.8) is 0 Å². The third kappa shape index (κ3) is 1.52. The average molecular weight is 191 g/mol. The lowest BCUT2D eigenvalue weighted by Crippen LogP contribution is -2.39. The highest BCUT2D eigenvalue weighted by molar-refractivity contribution is 6.35. The van der Waals surface area contributed by atoms with Gasteiger partial charge in [-0.1, -0.05) is 18.2 Å². The van der Waals surface area contributed by atoms with Crippen LogP contribution in [0.4, 0.5) is 5.69 Å². The number of benzene rings is 1. The number of carboxylic acid groups (broad SMARTS) is 1. The van der Waals surface area contributed by atoms with Crippen LogP contribution in [0.5, 0.6) is 0 Å². The van der Waals surface area contributed by atoms with Crippen LogP contribution in [0.25, 0.3) is 0 Å². The number of carboxylic acids is 1. The van der Waals surface area contributed by atoms with Gasteiger partial charge in [-0.25, -0.2) is 9.79 Å². The zero-order valence-electron chi connectivity index (χ0n) is 7.34. The monoisotopic (exact) mass is 191 g/mol. The summed E-state index contributed by atoms with van der Waals surface area (Å²) in [6.07, 6.45) is 0. The number of hydrogen-bond acceptors (Lipinski definition) is 4. The van der Waals surface area contributed by atoms with Crippen molar-refractivity contribution in [1.82, 2.24) is 5.43 Å². The Kier molecular flexibility index (Phi) is 2.06. The second kappa shape index (κ2) is 3.37. The Morgan fingerprint density at radius 2 is 2.14 bits per heavy atom. The number of aliphatic carboxylic acids is 1. The van der Waals surface area contributed by atoms with Crippen LogP contribution in [-0.4, -0.2) is 23.6 Å². The number of hydrazine groups is 1. The molecule has 0 atom stereocenters. The molecule has 2 N–H and O–H groups in total. The average Bonchev–Trinajstić information content (AvgIpc) is 2.68. The zero-order chi connectivity index (χ0) is 9.97. The number of para-hydroxylation sites is 1. The molecule has 5 heteroatoms. The third-order valence-corrected chi connectivity index (χ3v) is 1.88. The second-order valence-corrected chi connectivity index (χ2v) is 2.83. The van der Waals surface area contributed by atoms with Gasteiger partial charge in [0.2, 0.25) is 5.84 Å². The smallest absolute Gasteiger partial charge is 0.373 e. The normalized spacial score (nSPS) is 14.9. The summed E-state index contributed by atoms with van der Waals surface area (Å²) in [6, 6.07) is 9.44. The van der Waals surface area contributed by atoms with Crippen molar-refractivity contribution in [1.29, 1.82) is 0 Å². The number of anilines is 1. The summed E-state index contributed by atoms with van der Waals surface area (Å²) in [5.74, 6) is -1.06. The molecule has 14 heavy (non-hydrogen) atoms. The summed E-state index contributed by atoms with van der Waals surface area (Å²) in [6.45, 7) is 0.325. The summed E-state index contributed by atoms with van der Waals surface area (Å²) in [7, 11) is 0. The van der Waals surface area contributed by atoms with Crippen molar-refractivity contribution >= 4 is 17.5 Å². The first-order valence-electron chi connectivity index (χ1n) is 4.14. The molecule has 0 unspecified atom stereocenters. The van der Waals surface area contributed by atoms with Gasteiger partial charge in [-0.3, -0.25) is 10.4 Å². The number of carbonyl (C=O) groups is 1. The first-order chi connectivity index (χ1) is 6.77. The van der Waals surface area contributed by atoms with E-state index in [4.69, 9.17) is 5.11 Å². The molecule has 0 amide bonds. The Morgan fingerprint density at radius 3 is 2.71 bits per heavy atom. The fourth-order valence-corrected chi connectivity index (χ4v) is 1.21. The van der Waals surface area contributed by atoms with Gasteiger partial charge in [-0.15, -0.1) is 0 Å². The molecule has 0 aliphatic carbocycles. The molecule has 1 heterocycles. The first kappa shape index (κ1) is 8.55. The minimum atomic E-state index is -1.04. The number of aliphatic imine (C=N–C) groups is 1. The molecule has 5 nitrogen and oxygen atoms in total. The van der Waals surface area contributed by atoms with Gasteiger partial charge < -0.3 is 5.11 Å². The maximum Gasteiger partial charge on any atom is 0.373 e. The van der Waals surface area contributed by atoms with Gasteiger partial charge in [0, 0.05) is 0 Å². The topological polar surface area (TPSA) is 64.9 Å². The van der Waals surface area contributed by atoms with Crippen molar-refractivity contribution in [2.45, 2.75) is 0 Å². The first-order valence-corrected chi connectivity index (χ1v) is 4.14. The maximum absolute atomic E-state index is 10.6. The highest BCUT2D eigenvalue weighted by atomic mass is 16.4. The van der Waals surface area contributed by atoms with Crippen molar-refractivity contribution in [2.24, 2.45) is 4.99 Å². The van der Waals surface area contributed by atoms with E-state index in [0.29, 0.717) is 6.67 Å². The summed E-state index contributed by atoms with van der Waals surface area (Å²) >= 11 is 0. The van der Waals surface area contributed by atoms with Crippen molar-refractivity contribution in [3.05, 3.63) is 30.3 Å². The van der Waals surface area contributed by atoms with E-state index in [9.17, 15) is 4.79 Å². The van der Waals surface area contributed by atoms with Crippen LogP contribution in [-0.2, 0) is 4.79 Å². The van der Waals surface area contributed by atoms with Crippen molar-refractivity contribution in [2.75, 3.05) is 11.7 Å². The zero-order valence-corrected chi connectivity index (χ0v) is 7.34. The third-order valence-electron chi connectivity index (χ3n) is 1.88. The Labute approximate surface area is 80.7 Å². The lowest BCUT2D eigenvalue weighted by atomic mass is 10.3. The Hall–Kier alpha value is -2.04. The van der Waals surface area contributed by atoms with Crippen LogP contribution >= 0.6 is 0 Å². The highest BCUT2D eigenvalue weighted by Crippen LogP contribution is 2.12. The number of amidine groups is 1. The molecule has 72 valence electrons. The molecular formula is C9H9N3O2. The molecule has 1 aromatic rings. The second-order valence-electron chi connectivity index (χ2n) is 2.83. The van der Waals surface area contributed by atoms with Crippen LogP contribution in [0.2, 0.25) is 0 Å². The minimum absolute atomic E-state index is 0.0196. The number of rotatable bonds is 2. The Morgan fingerprint density at radius 1 is 1.43 bits per heavy atom. The molecule has 0 aromatic heterocycles. The molecule has 2 rings (SSSR count). The fraction of sp³-hybridized carbons (Fsp3) is 0.111. The van der Waals surface area contributed by atoms with Crippen LogP contribution in [0.3, 0.4) is 0 Å². The van der Waals surface area contributed by atoms with Crippen molar-refractivity contribution in [3.8, 4) is 0 Å². The molecule has 0 saturated heterocycles. The van der Waals surface area contributed by atoms with Crippen LogP contribution < -0.4 is 10.4 Å².